The number of piperidine rings is 1. The molecule has 1 saturated carbocycles. The summed E-state index contributed by atoms with van der Waals surface area (Å²) in [4.78, 5) is 26.1. The smallest absolute Gasteiger partial charge is 0.244 e. The van der Waals surface area contributed by atoms with E-state index in [0.717, 1.165) is 19.3 Å². The maximum atomic E-state index is 12.4. The minimum Gasteiger partial charge on any atom is -0.391 e. The quantitative estimate of drug-likeness (QED) is 0.830. The topological polar surface area (TPSA) is 69.6 Å². The minimum atomic E-state index is -0.503. The molecule has 1 aliphatic heterocycles. The molecule has 3 unspecified atom stereocenters. The van der Waals surface area contributed by atoms with E-state index in [4.69, 9.17) is 0 Å². The van der Waals surface area contributed by atoms with Gasteiger partial charge in [0.05, 0.1) is 6.10 Å². The molecule has 5 nitrogen and oxygen atoms in total. The third-order valence-corrected chi connectivity index (χ3v) is 5.18. The molecule has 126 valence electrons. The summed E-state index contributed by atoms with van der Waals surface area (Å²) in [6.45, 7) is 4.79. The fraction of sp³-hybridized carbons (Fsp3) is 0.882. The summed E-state index contributed by atoms with van der Waals surface area (Å²) in [6.07, 6.45) is 6.88. The predicted octanol–water partition coefficient (Wildman–Crippen LogP) is 1.69. The predicted molar refractivity (Wildman–Crippen MR) is 85.2 cm³/mol. The Morgan fingerprint density at radius 2 is 1.91 bits per heavy atom. The number of carbonyl (C=O) groups is 2. The Bertz CT molecular complexity index is 393. The molecule has 0 bridgehead atoms. The van der Waals surface area contributed by atoms with Crippen molar-refractivity contribution in [3.63, 3.8) is 0 Å². The number of hydrogen-bond acceptors (Lipinski definition) is 3. The van der Waals surface area contributed by atoms with Crippen LogP contribution in [0.3, 0.4) is 0 Å². The molecule has 2 N–H and O–H groups in total. The second-order valence-corrected chi connectivity index (χ2v) is 7.11. The number of β-amino-alcohol motifs (C(OH)–C–C–N with tert-alkyl or cyclic N) is 1. The maximum Gasteiger partial charge on any atom is 0.244 e. The van der Waals surface area contributed by atoms with Crippen molar-refractivity contribution in [1.82, 2.24) is 10.2 Å². The molecule has 0 aromatic rings. The molecule has 0 radical (unpaired) electrons. The lowest BCUT2D eigenvalue weighted by atomic mass is 9.87. The average molecular weight is 310 g/mol. The van der Waals surface area contributed by atoms with E-state index in [1.807, 2.05) is 6.92 Å². The fourth-order valence-electron chi connectivity index (χ4n) is 3.54. The van der Waals surface area contributed by atoms with Gasteiger partial charge in [-0.2, -0.15) is 0 Å². The summed E-state index contributed by atoms with van der Waals surface area (Å²) in [5, 5.41) is 12.7. The van der Waals surface area contributed by atoms with E-state index < -0.39 is 12.1 Å². The third kappa shape index (κ3) is 4.70. The van der Waals surface area contributed by atoms with E-state index in [1.165, 1.54) is 19.3 Å². The number of carbonyl (C=O) groups excluding carboxylic acids is 2. The Kier molecular flexibility index (Phi) is 6.24. The molecule has 2 amide bonds. The molecule has 2 rings (SSSR count). The summed E-state index contributed by atoms with van der Waals surface area (Å²) < 4.78 is 0. The zero-order valence-corrected chi connectivity index (χ0v) is 13.9. The van der Waals surface area contributed by atoms with Crippen LogP contribution >= 0.6 is 0 Å². The summed E-state index contributed by atoms with van der Waals surface area (Å²) in [5.41, 5.74) is 0. The molecular weight excluding hydrogens is 280 g/mol. The Morgan fingerprint density at radius 1 is 1.23 bits per heavy atom. The fourth-order valence-corrected chi connectivity index (χ4v) is 3.54. The number of rotatable bonds is 4. The normalized spacial score (nSPS) is 28.2. The largest absolute Gasteiger partial charge is 0.391 e. The Labute approximate surface area is 133 Å². The van der Waals surface area contributed by atoms with Crippen LogP contribution in [0.5, 0.6) is 0 Å². The van der Waals surface area contributed by atoms with Gasteiger partial charge >= 0.3 is 0 Å². The average Bonchev–Trinajstić information content (AvgIpc) is 2.50. The van der Waals surface area contributed by atoms with Crippen molar-refractivity contribution in [2.45, 2.75) is 70.9 Å². The number of hydrogen-bond donors (Lipinski definition) is 2. The van der Waals surface area contributed by atoms with Gasteiger partial charge in [-0.25, -0.2) is 0 Å². The van der Waals surface area contributed by atoms with Gasteiger partial charge in [-0.05, 0) is 38.0 Å². The van der Waals surface area contributed by atoms with Gasteiger partial charge < -0.3 is 15.3 Å². The van der Waals surface area contributed by atoms with Crippen molar-refractivity contribution in [3.05, 3.63) is 0 Å². The molecule has 22 heavy (non-hydrogen) atoms. The van der Waals surface area contributed by atoms with E-state index in [1.54, 1.807) is 11.8 Å². The van der Waals surface area contributed by atoms with E-state index in [-0.39, 0.29) is 17.7 Å². The molecule has 2 aliphatic rings. The number of nitrogens with one attached hydrogen (secondary N) is 1. The van der Waals surface area contributed by atoms with Crippen molar-refractivity contribution in [2.24, 2.45) is 11.8 Å². The van der Waals surface area contributed by atoms with Gasteiger partial charge in [-0.1, -0.05) is 26.2 Å². The van der Waals surface area contributed by atoms with Gasteiger partial charge in [0.25, 0.3) is 0 Å². The molecule has 0 aromatic heterocycles. The first-order valence-electron chi connectivity index (χ1n) is 8.73. The lowest BCUT2D eigenvalue weighted by Crippen LogP contribution is -2.52. The summed E-state index contributed by atoms with van der Waals surface area (Å²) in [7, 11) is 0. The second-order valence-electron chi connectivity index (χ2n) is 7.11. The van der Waals surface area contributed by atoms with Crippen LogP contribution in [0.2, 0.25) is 0 Å². The molecule has 0 aromatic carbocycles. The SMILES string of the molecule is CC(NC(=O)CC1CCCCC1)C(=O)N1CCC(C)C(O)C1. The van der Waals surface area contributed by atoms with Gasteiger partial charge in [0.1, 0.15) is 6.04 Å². The van der Waals surface area contributed by atoms with Crippen molar-refractivity contribution >= 4 is 11.8 Å². The first-order chi connectivity index (χ1) is 10.5. The minimum absolute atomic E-state index is 0.0151. The van der Waals surface area contributed by atoms with Gasteiger partial charge in [0, 0.05) is 19.5 Å². The molecule has 0 spiro atoms. The van der Waals surface area contributed by atoms with Crippen LogP contribution in [-0.4, -0.2) is 47.1 Å². The number of likely N-dealkylation sites (tertiary alicyclic amines) is 1. The highest BCUT2D eigenvalue weighted by Gasteiger charge is 2.30. The maximum absolute atomic E-state index is 12.4. The zero-order valence-electron chi connectivity index (χ0n) is 13.9. The molecule has 2 fully saturated rings. The summed E-state index contributed by atoms with van der Waals surface area (Å²) in [6, 6.07) is -0.503. The number of aliphatic hydroxyl groups excluding tert-OH is 1. The lowest BCUT2D eigenvalue weighted by Gasteiger charge is -2.35. The monoisotopic (exact) mass is 310 g/mol. The van der Waals surface area contributed by atoms with Crippen molar-refractivity contribution in [1.29, 1.82) is 0 Å². The van der Waals surface area contributed by atoms with Crippen LogP contribution < -0.4 is 5.32 Å². The van der Waals surface area contributed by atoms with E-state index in [0.29, 0.717) is 25.4 Å². The van der Waals surface area contributed by atoms with Gasteiger partial charge in [0.2, 0.25) is 11.8 Å². The number of aliphatic hydroxyl groups is 1. The van der Waals surface area contributed by atoms with Crippen LogP contribution in [-0.2, 0) is 9.59 Å². The highest BCUT2D eigenvalue weighted by molar-refractivity contribution is 5.87. The lowest BCUT2D eigenvalue weighted by molar-refractivity contribution is -0.139. The first-order valence-corrected chi connectivity index (χ1v) is 8.73. The summed E-state index contributed by atoms with van der Waals surface area (Å²) in [5.74, 6) is 0.621. The van der Waals surface area contributed by atoms with Crippen molar-refractivity contribution in [3.8, 4) is 0 Å². The van der Waals surface area contributed by atoms with Crippen LogP contribution in [0.15, 0.2) is 0 Å². The van der Waals surface area contributed by atoms with Crippen LogP contribution in [0.25, 0.3) is 0 Å². The highest BCUT2D eigenvalue weighted by atomic mass is 16.3. The molecule has 1 aliphatic carbocycles. The van der Waals surface area contributed by atoms with Gasteiger partial charge in [-0.15, -0.1) is 0 Å². The Hall–Kier alpha value is -1.10. The second kappa shape index (κ2) is 7.95. The van der Waals surface area contributed by atoms with Crippen LogP contribution in [0.1, 0.15) is 58.8 Å². The van der Waals surface area contributed by atoms with E-state index >= 15 is 0 Å². The number of amides is 2. The molecule has 1 heterocycles. The molecule has 5 heteroatoms. The van der Waals surface area contributed by atoms with Gasteiger partial charge in [0.15, 0.2) is 0 Å². The molecule has 3 atom stereocenters. The highest BCUT2D eigenvalue weighted by Crippen LogP contribution is 2.26. The van der Waals surface area contributed by atoms with Crippen molar-refractivity contribution in [2.75, 3.05) is 13.1 Å². The van der Waals surface area contributed by atoms with Crippen molar-refractivity contribution < 1.29 is 14.7 Å². The molecule has 1 saturated heterocycles. The standard InChI is InChI=1S/C17H30N2O3/c1-12-8-9-19(11-15(12)20)17(22)13(2)18-16(21)10-14-6-4-3-5-7-14/h12-15,20H,3-11H2,1-2H3,(H,18,21). The Morgan fingerprint density at radius 3 is 2.55 bits per heavy atom. The first kappa shape index (κ1) is 17.3. The number of nitrogens with zero attached hydrogens (tertiary/aromatic N) is 1. The zero-order chi connectivity index (χ0) is 16.1. The van der Waals surface area contributed by atoms with Crippen LogP contribution in [0.4, 0.5) is 0 Å². The van der Waals surface area contributed by atoms with Gasteiger partial charge in [-0.3, -0.25) is 9.59 Å². The van der Waals surface area contributed by atoms with Crippen LogP contribution in [0, 0.1) is 11.8 Å². The van der Waals surface area contributed by atoms with E-state index in [9.17, 15) is 14.7 Å². The molecular formula is C17H30N2O3. The Balaban J connectivity index is 1.76. The van der Waals surface area contributed by atoms with E-state index in [2.05, 4.69) is 5.32 Å². The third-order valence-electron chi connectivity index (χ3n) is 5.18. The summed E-state index contributed by atoms with van der Waals surface area (Å²) >= 11 is 0.